The van der Waals surface area contributed by atoms with Crippen molar-refractivity contribution in [3.05, 3.63) is 52.8 Å². The molecule has 0 atom stereocenters. The molecule has 0 saturated carbocycles. The van der Waals surface area contributed by atoms with Gasteiger partial charge in [0.1, 0.15) is 0 Å². The summed E-state index contributed by atoms with van der Waals surface area (Å²) in [6.45, 7) is 0. The molecular weight excluding hydrogens is 265 g/mol. The molecule has 0 spiro atoms. The number of hydrogen-bond donors (Lipinski definition) is 2. The molecular formula is C12H8ClF3N2. The van der Waals surface area contributed by atoms with E-state index in [9.17, 15) is 13.2 Å². The highest BCUT2D eigenvalue weighted by molar-refractivity contribution is 6.31. The average Bonchev–Trinajstić information content (AvgIpc) is 2.34. The lowest BCUT2D eigenvalue weighted by Crippen LogP contribution is -2.01. The van der Waals surface area contributed by atoms with Crippen molar-refractivity contribution in [2.75, 3.05) is 11.1 Å². The minimum Gasteiger partial charge on any atom is -0.397 e. The van der Waals surface area contributed by atoms with Crippen molar-refractivity contribution in [3.8, 4) is 0 Å². The Morgan fingerprint density at radius 3 is 2.39 bits per heavy atom. The van der Waals surface area contributed by atoms with Crippen LogP contribution in [0.5, 0.6) is 0 Å². The van der Waals surface area contributed by atoms with Crippen molar-refractivity contribution in [1.29, 1.82) is 0 Å². The summed E-state index contributed by atoms with van der Waals surface area (Å²) < 4.78 is 39.2. The quantitative estimate of drug-likeness (QED) is 0.638. The van der Waals surface area contributed by atoms with E-state index in [1.165, 1.54) is 12.1 Å². The first kappa shape index (κ1) is 12.6. The zero-order valence-corrected chi connectivity index (χ0v) is 9.73. The van der Waals surface area contributed by atoms with Crippen LogP contribution in [-0.2, 0) is 0 Å². The van der Waals surface area contributed by atoms with Crippen molar-refractivity contribution in [1.82, 2.24) is 0 Å². The zero-order chi connectivity index (χ0) is 13.3. The summed E-state index contributed by atoms with van der Waals surface area (Å²) in [5.74, 6) is -4.10. The van der Waals surface area contributed by atoms with Crippen LogP contribution in [0.25, 0.3) is 0 Å². The van der Waals surface area contributed by atoms with Gasteiger partial charge >= 0.3 is 0 Å². The van der Waals surface area contributed by atoms with E-state index >= 15 is 0 Å². The van der Waals surface area contributed by atoms with E-state index < -0.39 is 17.5 Å². The van der Waals surface area contributed by atoms with Gasteiger partial charge in [-0.25, -0.2) is 13.2 Å². The lowest BCUT2D eigenvalue weighted by atomic mass is 10.2. The van der Waals surface area contributed by atoms with E-state index in [-0.39, 0.29) is 5.69 Å². The van der Waals surface area contributed by atoms with Gasteiger partial charge in [-0.2, -0.15) is 0 Å². The Kier molecular flexibility index (Phi) is 3.34. The molecule has 0 bridgehead atoms. The number of hydrogen-bond acceptors (Lipinski definition) is 2. The standard InChI is InChI=1S/C12H8ClF3N2/c13-6-1-3-8(17)10(5-6)18-9-4-2-7(14)11(15)12(9)16/h1-5,18H,17H2. The van der Waals surface area contributed by atoms with Gasteiger partial charge in [0, 0.05) is 5.02 Å². The Labute approximate surface area is 106 Å². The van der Waals surface area contributed by atoms with E-state index in [0.717, 1.165) is 12.1 Å². The van der Waals surface area contributed by atoms with E-state index in [0.29, 0.717) is 16.4 Å². The number of nitrogens with two attached hydrogens (primary N) is 1. The summed E-state index contributed by atoms with van der Waals surface area (Å²) in [5.41, 5.74) is 6.05. The third-order valence-corrected chi connectivity index (χ3v) is 2.55. The summed E-state index contributed by atoms with van der Waals surface area (Å²) in [5, 5.41) is 2.94. The second-order valence-electron chi connectivity index (χ2n) is 3.58. The van der Waals surface area contributed by atoms with Crippen LogP contribution in [0.4, 0.5) is 30.2 Å². The molecule has 2 rings (SSSR count). The molecule has 2 aromatic rings. The fourth-order valence-corrected chi connectivity index (χ4v) is 1.58. The fourth-order valence-electron chi connectivity index (χ4n) is 1.40. The minimum atomic E-state index is -1.54. The highest BCUT2D eigenvalue weighted by atomic mass is 35.5. The molecule has 0 fully saturated rings. The third-order valence-electron chi connectivity index (χ3n) is 2.32. The molecule has 0 aliphatic carbocycles. The maximum Gasteiger partial charge on any atom is 0.196 e. The summed E-state index contributed by atoms with van der Waals surface area (Å²) in [4.78, 5) is 0. The van der Waals surface area contributed by atoms with Crippen LogP contribution in [0.15, 0.2) is 30.3 Å². The van der Waals surface area contributed by atoms with Crippen LogP contribution >= 0.6 is 11.6 Å². The first-order chi connectivity index (χ1) is 8.49. The van der Waals surface area contributed by atoms with Crippen molar-refractivity contribution in [3.63, 3.8) is 0 Å². The molecule has 2 aromatic carbocycles. The fraction of sp³-hybridized carbons (Fsp3) is 0. The highest BCUT2D eigenvalue weighted by Crippen LogP contribution is 2.29. The molecule has 0 aliphatic rings. The molecule has 0 amide bonds. The van der Waals surface area contributed by atoms with Gasteiger partial charge in [0.2, 0.25) is 0 Å². The second kappa shape index (κ2) is 4.78. The van der Waals surface area contributed by atoms with Crippen molar-refractivity contribution in [2.45, 2.75) is 0 Å². The molecule has 0 aromatic heterocycles. The van der Waals surface area contributed by atoms with E-state index in [2.05, 4.69) is 5.32 Å². The lowest BCUT2D eigenvalue weighted by molar-refractivity contribution is 0.449. The van der Waals surface area contributed by atoms with Crippen molar-refractivity contribution < 1.29 is 13.2 Å². The number of halogens is 4. The first-order valence-corrected chi connectivity index (χ1v) is 5.32. The Morgan fingerprint density at radius 2 is 1.67 bits per heavy atom. The van der Waals surface area contributed by atoms with Gasteiger partial charge in [-0.05, 0) is 30.3 Å². The molecule has 0 aliphatic heterocycles. The van der Waals surface area contributed by atoms with Crippen LogP contribution < -0.4 is 11.1 Å². The molecule has 0 saturated heterocycles. The summed E-state index contributed by atoms with van der Waals surface area (Å²) >= 11 is 5.76. The van der Waals surface area contributed by atoms with Crippen molar-refractivity contribution in [2.24, 2.45) is 0 Å². The molecule has 0 radical (unpaired) electrons. The van der Waals surface area contributed by atoms with Gasteiger partial charge in [-0.15, -0.1) is 0 Å². The van der Waals surface area contributed by atoms with Crippen LogP contribution in [0.3, 0.4) is 0 Å². The van der Waals surface area contributed by atoms with Crippen molar-refractivity contribution >= 4 is 28.7 Å². The van der Waals surface area contributed by atoms with Crippen LogP contribution in [-0.4, -0.2) is 0 Å². The predicted octanol–water partition coefficient (Wildman–Crippen LogP) is 4.08. The Hall–Kier alpha value is -1.88. The van der Waals surface area contributed by atoms with Gasteiger partial charge in [0.25, 0.3) is 0 Å². The van der Waals surface area contributed by atoms with Gasteiger partial charge < -0.3 is 11.1 Å². The summed E-state index contributed by atoms with van der Waals surface area (Å²) in [6, 6.07) is 6.43. The number of benzene rings is 2. The van der Waals surface area contributed by atoms with Gasteiger partial charge in [-0.1, -0.05) is 11.6 Å². The Bertz CT molecular complexity index is 602. The van der Waals surface area contributed by atoms with E-state index in [1.54, 1.807) is 6.07 Å². The molecule has 3 N–H and O–H groups in total. The largest absolute Gasteiger partial charge is 0.397 e. The normalized spacial score (nSPS) is 10.4. The second-order valence-corrected chi connectivity index (χ2v) is 4.02. The summed E-state index contributed by atoms with van der Waals surface area (Å²) in [6.07, 6.45) is 0. The van der Waals surface area contributed by atoms with Crippen LogP contribution in [0, 0.1) is 17.5 Å². The van der Waals surface area contributed by atoms with E-state index in [1.807, 2.05) is 0 Å². The minimum absolute atomic E-state index is 0.220. The number of nitrogen functional groups attached to an aromatic ring is 1. The molecule has 94 valence electrons. The maximum absolute atomic E-state index is 13.4. The zero-order valence-electron chi connectivity index (χ0n) is 8.98. The maximum atomic E-state index is 13.4. The van der Waals surface area contributed by atoms with Crippen LogP contribution in [0.1, 0.15) is 0 Å². The molecule has 0 unspecified atom stereocenters. The SMILES string of the molecule is Nc1ccc(Cl)cc1Nc1ccc(F)c(F)c1F. The van der Waals surface area contributed by atoms with Crippen LogP contribution in [0.2, 0.25) is 5.02 Å². The summed E-state index contributed by atoms with van der Waals surface area (Å²) in [7, 11) is 0. The Morgan fingerprint density at radius 1 is 0.944 bits per heavy atom. The number of anilines is 3. The topological polar surface area (TPSA) is 38.0 Å². The molecule has 6 heteroatoms. The Balaban J connectivity index is 2.40. The molecule has 0 heterocycles. The highest BCUT2D eigenvalue weighted by Gasteiger charge is 2.14. The average molecular weight is 273 g/mol. The van der Waals surface area contributed by atoms with E-state index in [4.69, 9.17) is 17.3 Å². The lowest BCUT2D eigenvalue weighted by Gasteiger charge is -2.11. The van der Waals surface area contributed by atoms with Gasteiger partial charge in [0.05, 0.1) is 17.1 Å². The molecule has 18 heavy (non-hydrogen) atoms. The van der Waals surface area contributed by atoms with Gasteiger partial charge in [-0.3, -0.25) is 0 Å². The monoisotopic (exact) mass is 272 g/mol. The molecule has 2 nitrogen and oxygen atoms in total. The smallest absolute Gasteiger partial charge is 0.196 e. The third kappa shape index (κ3) is 2.36. The van der Waals surface area contributed by atoms with Gasteiger partial charge in [0.15, 0.2) is 17.5 Å². The number of rotatable bonds is 2. The predicted molar refractivity (Wildman–Crippen MR) is 65.5 cm³/mol. The number of nitrogens with one attached hydrogen (secondary N) is 1. The first-order valence-electron chi connectivity index (χ1n) is 4.94.